The number of hydrogen-bond acceptors (Lipinski definition) is 5. The topological polar surface area (TPSA) is 87.5 Å². The van der Waals surface area contributed by atoms with E-state index in [1.54, 1.807) is 6.07 Å². The number of carbonyl (C=O) groups excluding carboxylic acids is 1. The first-order chi connectivity index (χ1) is 11.5. The lowest BCUT2D eigenvalue weighted by Gasteiger charge is -2.31. The van der Waals surface area contributed by atoms with Crippen molar-refractivity contribution in [1.82, 2.24) is 10.2 Å². The molecule has 0 unspecified atom stereocenters. The number of nitrogens with zero attached hydrogens (tertiary/aromatic N) is 2. The monoisotopic (exact) mass is 398 g/mol. The van der Waals surface area contributed by atoms with Crippen LogP contribution in [0.25, 0.3) is 0 Å². The number of nitro groups is 1. The molecule has 0 atom stereocenters. The predicted octanol–water partition coefficient (Wildman–Crippen LogP) is 2.62. The molecule has 0 aliphatic carbocycles. The summed E-state index contributed by atoms with van der Waals surface area (Å²) < 4.78 is 0.510. The quantitative estimate of drug-likeness (QED) is 0.544. The van der Waals surface area contributed by atoms with Crippen LogP contribution < -0.4 is 10.6 Å². The molecule has 2 N–H and O–H groups in total. The van der Waals surface area contributed by atoms with Gasteiger partial charge in [0.05, 0.1) is 17.2 Å². The zero-order valence-electron chi connectivity index (χ0n) is 13.8. The number of rotatable bonds is 7. The smallest absolute Gasteiger partial charge is 0.270 e. The number of hydrogen-bond donors (Lipinski definition) is 2. The van der Waals surface area contributed by atoms with Crippen LogP contribution in [0.2, 0.25) is 0 Å². The Morgan fingerprint density at radius 3 is 2.71 bits per heavy atom. The molecule has 24 heavy (non-hydrogen) atoms. The third kappa shape index (κ3) is 5.54. The molecule has 1 aromatic rings. The number of halogens is 1. The summed E-state index contributed by atoms with van der Waals surface area (Å²) in [5, 5.41) is 16.7. The number of benzene rings is 1. The Hall–Kier alpha value is -1.51. The number of non-ortho nitro benzene ring substituents is 1. The van der Waals surface area contributed by atoms with Crippen LogP contribution in [0.15, 0.2) is 22.7 Å². The van der Waals surface area contributed by atoms with Crippen LogP contribution in [-0.4, -0.2) is 49.0 Å². The first-order valence-electron chi connectivity index (χ1n) is 8.10. The van der Waals surface area contributed by atoms with Gasteiger partial charge < -0.3 is 10.6 Å². The van der Waals surface area contributed by atoms with Crippen LogP contribution >= 0.6 is 15.9 Å². The van der Waals surface area contributed by atoms with Crippen LogP contribution in [0, 0.1) is 16.0 Å². The summed E-state index contributed by atoms with van der Waals surface area (Å²) in [5.41, 5.74) is 0.540. The molecular formula is C16H23BrN4O3. The van der Waals surface area contributed by atoms with Crippen molar-refractivity contribution >= 4 is 33.2 Å². The highest BCUT2D eigenvalue weighted by Crippen LogP contribution is 2.27. The Morgan fingerprint density at radius 1 is 1.42 bits per heavy atom. The first-order valence-corrected chi connectivity index (χ1v) is 8.89. The van der Waals surface area contributed by atoms with E-state index in [9.17, 15) is 14.9 Å². The second-order valence-electron chi connectivity index (χ2n) is 6.08. The summed E-state index contributed by atoms with van der Waals surface area (Å²) in [6.07, 6.45) is 3.43. The highest BCUT2D eigenvalue weighted by molar-refractivity contribution is 9.10. The number of nitro benzene ring substituents is 1. The van der Waals surface area contributed by atoms with E-state index < -0.39 is 4.92 Å². The molecule has 1 amide bonds. The minimum absolute atomic E-state index is 0.0106. The lowest BCUT2D eigenvalue weighted by atomic mass is 9.93. The van der Waals surface area contributed by atoms with Crippen LogP contribution in [0.1, 0.15) is 19.3 Å². The second kappa shape index (κ2) is 9.10. The molecule has 1 aliphatic heterocycles. The van der Waals surface area contributed by atoms with E-state index >= 15 is 0 Å². The molecule has 7 nitrogen and oxygen atoms in total. The fraction of sp³-hybridized carbons (Fsp3) is 0.562. The summed E-state index contributed by atoms with van der Waals surface area (Å²) in [6.45, 7) is 3.26. The van der Waals surface area contributed by atoms with Gasteiger partial charge in [-0.2, -0.15) is 0 Å². The van der Waals surface area contributed by atoms with Crippen LogP contribution in [0.4, 0.5) is 11.4 Å². The van der Waals surface area contributed by atoms with Gasteiger partial charge in [0.25, 0.3) is 5.69 Å². The third-order valence-corrected chi connectivity index (χ3v) is 4.97. The third-order valence-electron chi connectivity index (χ3n) is 4.31. The van der Waals surface area contributed by atoms with Crippen molar-refractivity contribution in [3.8, 4) is 0 Å². The SMILES string of the molecule is CNCCC1CCN(CC(=O)Nc2ccc([N+](=O)[O-])cc2Br)CC1. The largest absolute Gasteiger partial charge is 0.324 e. The lowest BCUT2D eigenvalue weighted by Crippen LogP contribution is -2.39. The molecule has 0 bridgehead atoms. The van der Waals surface area contributed by atoms with E-state index in [1.807, 2.05) is 7.05 Å². The number of nitrogens with one attached hydrogen (secondary N) is 2. The average Bonchev–Trinajstić information content (AvgIpc) is 2.56. The predicted molar refractivity (Wildman–Crippen MR) is 97.1 cm³/mol. The van der Waals surface area contributed by atoms with E-state index in [0.29, 0.717) is 16.7 Å². The summed E-state index contributed by atoms with van der Waals surface area (Å²) in [5.74, 6) is 0.638. The maximum atomic E-state index is 12.2. The van der Waals surface area contributed by atoms with E-state index in [4.69, 9.17) is 0 Å². The highest BCUT2D eigenvalue weighted by Gasteiger charge is 2.21. The van der Waals surface area contributed by atoms with Gasteiger partial charge >= 0.3 is 0 Å². The van der Waals surface area contributed by atoms with E-state index in [-0.39, 0.29) is 11.6 Å². The molecule has 1 fully saturated rings. The van der Waals surface area contributed by atoms with Crippen molar-refractivity contribution in [3.05, 3.63) is 32.8 Å². The van der Waals surface area contributed by atoms with Crippen molar-refractivity contribution in [2.45, 2.75) is 19.3 Å². The Kier molecular flexibility index (Phi) is 7.14. The van der Waals surface area contributed by atoms with Gasteiger partial charge in [0.1, 0.15) is 0 Å². The second-order valence-corrected chi connectivity index (χ2v) is 6.94. The minimum Gasteiger partial charge on any atom is -0.324 e. The van der Waals surface area contributed by atoms with Crippen molar-refractivity contribution in [2.24, 2.45) is 5.92 Å². The van der Waals surface area contributed by atoms with Crippen LogP contribution in [0.3, 0.4) is 0 Å². The molecule has 0 aromatic heterocycles. The summed E-state index contributed by atoms with van der Waals surface area (Å²) in [6, 6.07) is 4.32. The lowest BCUT2D eigenvalue weighted by molar-refractivity contribution is -0.384. The normalized spacial score (nSPS) is 16.1. The molecule has 1 aromatic carbocycles. The molecule has 1 saturated heterocycles. The van der Waals surface area contributed by atoms with E-state index in [1.165, 1.54) is 18.6 Å². The number of carbonyl (C=O) groups is 1. The molecule has 2 rings (SSSR count). The summed E-state index contributed by atoms with van der Waals surface area (Å²) >= 11 is 3.26. The van der Waals surface area contributed by atoms with Gasteiger partial charge in [-0.1, -0.05) is 0 Å². The van der Waals surface area contributed by atoms with Gasteiger partial charge in [0.2, 0.25) is 5.91 Å². The van der Waals surface area contributed by atoms with Crippen molar-refractivity contribution in [2.75, 3.05) is 38.5 Å². The van der Waals surface area contributed by atoms with E-state index in [0.717, 1.165) is 38.4 Å². The van der Waals surface area contributed by atoms with Crippen molar-refractivity contribution in [1.29, 1.82) is 0 Å². The van der Waals surface area contributed by atoms with Crippen LogP contribution in [0.5, 0.6) is 0 Å². The molecular weight excluding hydrogens is 376 g/mol. The van der Waals surface area contributed by atoms with Crippen LogP contribution in [-0.2, 0) is 4.79 Å². The van der Waals surface area contributed by atoms with Crippen molar-refractivity contribution in [3.63, 3.8) is 0 Å². The fourth-order valence-corrected chi connectivity index (χ4v) is 3.36. The van der Waals surface area contributed by atoms with Gasteiger partial charge in [-0.3, -0.25) is 19.8 Å². The molecule has 1 aliphatic rings. The summed E-state index contributed by atoms with van der Waals surface area (Å²) in [4.78, 5) is 24.6. The summed E-state index contributed by atoms with van der Waals surface area (Å²) in [7, 11) is 1.97. The number of amides is 1. The van der Waals surface area contributed by atoms with Gasteiger partial charge in [-0.05, 0) is 73.9 Å². The van der Waals surface area contributed by atoms with Gasteiger partial charge in [0.15, 0.2) is 0 Å². The Balaban J connectivity index is 1.81. The maximum absolute atomic E-state index is 12.2. The highest BCUT2D eigenvalue weighted by atomic mass is 79.9. The Morgan fingerprint density at radius 2 is 2.12 bits per heavy atom. The molecule has 0 spiro atoms. The first kappa shape index (κ1) is 18.8. The van der Waals surface area contributed by atoms with E-state index in [2.05, 4.69) is 31.5 Å². The number of likely N-dealkylation sites (tertiary alicyclic amines) is 1. The van der Waals surface area contributed by atoms with Crippen molar-refractivity contribution < 1.29 is 9.72 Å². The van der Waals surface area contributed by atoms with Gasteiger partial charge in [-0.15, -0.1) is 0 Å². The Bertz CT molecular complexity index is 589. The molecule has 1 heterocycles. The zero-order chi connectivity index (χ0) is 17.5. The zero-order valence-corrected chi connectivity index (χ0v) is 15.3. The molecule has 0 radical (unpaired) electrons. The number of piperidine rings is 1. The Labute approximate surface area is 150 Å². The minimum atomic E-state index is -0.464. The maximum Gasteiger partial charge on any atom is 0.270 e. The molecule has 8 heteroatoms. The molecule has 132 valence electrons. The fourth-order valence-electron chi connectivity index (χ4n) is 2.89. The number of anilines is 1. The van der Waals surface area contributed by atoms with Gasteiger partial charge in [0, 0.05) is 16.6 Å². The standard InChI is InChI=1S/C16H23BrN4O3/c1-18-7-4-12-5-8-20(9-6-12)11-16(22)19-15-3-2-13(21(23)24)10-14(15)17/h2-3,10,12,18H,4-9,11H2,1H3,(H,19,22). The van der Waals surface area contributed by atoms with Gasteiger partial charge in [-0.25, -0.2) is 0 Å². The molecule has 0 saturated carbocycles. The average molecular weight is 399 g/mol.